The zero-order valence-corrected chi connectivity index (χ0v) is 10.1. The first-order valence-corrected chi connectivity index (χ1v) is 6.81. The number of hydrogen-bond acceptors (Lipinski definition) is 3. The predicted molar refractivity (Wildman–Crippen MR) is 58.5 cm³/mol. The van der Waals surface area contributed by atoms with Gasteiger partial charge in [-0.3, -0.25) is 4.79 Å². The molecule has 2 N–H and O–H groups in total. The van der Waals surface area contributed by atoms with E-state index in [0.717, 1.165) is 0 Å². The van der Waals surface area contributed by atoms with Crippen molar-refractivity contribution in [3.63, 3.8) is 0 Å². The minimum absolute atomic E-state index is 0.0242. The summed E-state index contributed by atoms with van der Waals surface area (Å²) >= 11 is 5.49. The molecule has 1 atom stereocenters. The molecule has 0 aromatic carbocycles. The van der Waals surface area contributed by atoms with Crippen LogP contribution in [0.1, 0.15) is 19.8 Å². The number of alkyl halides is 1. The van der Waals surface area contributed by atoms with Gasteiger partial charge in [-0.1, -0.05) is 6.92 Å². The summed E-state index contributed by atoms with van der Waals surface area (Å²) < 4.78 is 25.0. The summed E-state index contributed by atoms with van der Waals surface area (Å²) in [4.78, 5) is 10.2. The van der Waals surface area contributed by atoms with Gasteiger partial charge in [-0.2, -0.15) is 0 Å². The molecule has 0 saturated carbocycles. The van der Waals surface area contributed by atoms with Gasteiger partial charge in [0.25, 0.3) is 0 Å². The second-order valence-corrected chi connectivity index (χ2v) is 5.59. The van der Waals surface area contributed by atoms with Crippen molar-refractivity contribution in [3.05, 3.63) is 0 Å². The molecule has 90 valence electrons. The van der Waals surface area contributed by atoms with E-state index < -0.39 is 16.0 Å². The first-order valence-electron chi connectivity index (χ1n) is 4.62. The van der Waals surface area contributed by atoms with Crippen molar-refractivity contribution in [1.29, 1.82) is 0 Å². The van der Waals surface area contributed by atoms with Crippen LogP contribution in [0.4, 0.5) is 0 Å². The standard InChI is InChI=1S/C8H16ClNO4S/c1-7(5-9)6-15(13,14)10-4-2-3-8(11)12/h7,10H,2-6H2,1H3,(H,11,12). The molecule has 5 nitrogen and oxygen atoms in total. The number of carbonyl (C=O) groups is 1. The highest BCUT2D eigenvalue weighted by Crippen LogP contribution is 2.02. The van der Waals surface area contributed by atoms with Crippen molar-refractivity contribution in [1.82, 2.24) is 4.72 Å². The average Bonchev–Trinajstić information content (AvgIpc) is 2.11. The van der Waals surface area contributed by atoms with Crippen molar-refractivity contribution in [2.24, 2.45) is 5.92 Å². The highest BCUT2D eigenvalue weighted by atomic mass is 35.5. The second kappa shape index (κ2) is 7.03. The van der Waals surface area contributed by atoms with Crippen LogP contribution < -0.4 is 4.72 Å². The van der Waals surface area contributed by atoms with E-state index in [1.54, 1.807) is 6.92 Å². The summed E-state index contributed by atoms with van der Waals surface area (Å²) in [6.45, 7) is 1.90. The van der Waals surface area contributed by atoms with Crippen LogP contribution in [-0.2, 0) is 14.8 Å². The quantitative estimate of drug-likeness (QED) is 0.494. The molecule has 15 heavy (non-hydrogen) atoms. The normalized spacial score (nSPS) is 13.7. The molecule has 0 amide bonds. The first-order chi connectivity index (χ1) is 6.87. The Labute approximate surface area is 94.9 Å². The van der Waals surface area contributed by atoms with Gasteiger partial charge in [-0.25, -0.2) is 13.1 Å². The van der Waals surface area contributed by atoms with Crippen LogP contribution in [0.2, 0.25) is 0 Å². The van der Waals surface area contributed by atoms with Gasteiger partial charge in [0.1, 0.15) is 0 Å². The van der Waals surface area contributed by atoms with Crippen molar-refractivity contribution >= 4 is 27.6 Å². The Morgan fingerprint density at radius 2 is 2.13 bits per heavy atom. The van der Waals surface area contributed by atoms with Crippen molar-refractivity contribution in [3.8, 4) is 0 Å². The van der Waals surface area contributed by atoms with Gasteiger partial charge >= 0.3 is 5.97 Å². The lowest BCUT2D eigenvalue weighted by Gasteiger charge is -2.09. The maximum atomic E-state index is 11.3. The summed E-state index contributed by atoms with van der Waals surface area (Å²) in [5, 5.41) is 8.33. The molecule has 0 heterocycles. The van der Waals surface area contributed by atoms with Crippen LogP contribution in [0.5, 0.6) is 0 Å². The number of carboxylic acid groups (broad SMARTS) is 1. The van der Waals surface area contributed by atoms with Crippen LogP contribution in [0.3, 0.4) is 0 Å². The Balaban J connectivity index is 3.80. The predicted octanol–water partition coefficient (Wildman–Crippen LogP) is 0.646. The van der Waals surface area contributed by atoms with Crippen LogP contribution in [0.15, 0.2) is 0 Å². The zero-order chi connectivity index (χ0) is 11.9. The maximum absolute atomic E-state index is 11.3. The molecule has 0 aromatic rings. The lowest BCUT2D eigenvalue weighted by atomic mass is 10.3. The average molecular weight is 258 g/mol. The third-order valence-corrected chi connectivity index (χ3v) is 3.84. The fourth-order valence-corrected chi connectivity index (χ4v) is 2.62. The Morgan fingerprint density at radius 3 is 2.60 bits per heavy atom. The smallest absolute Gasteiger partial charge is 0.303 e. The number of halogens is 1. The molecule has 0 bridgehead atoms. The number of rotatable bonds is 8. The molecule has 0 spiro atoms. The van der Waals surface area contributed by atoms with Gasteiger partial charge in [-0.15, -0.1) is 11.6 Å². The molecule has 0 aliphatic heterocycles. The van der Waals surface area contributed by atoms with Crippen LogP contribution in [0.25, 0.3) is 0 Å². The van der Waals surface area contributed by atoms with Gasteiger partial charge in [-0.05, 0) is 12.3 Å². The van der Waals surface area contributed by atoms with E-state index in [-0.39, 0.29) is 30.5 Å². The SMILES string of the molecule is CC(CCl)CS(=O)(=O)NCCCC(=O)O. The van der Waals surface area contributed by atoms with E-state index in [9.17, 15) is 13.2 Å². The minimum atomic E-state index is -3.32. The maximum Gasteiger partial charge on any atom is 0.303 e. The topological polar surface area (TPSA) is 83.5 Å². The highest BCUT2D eigenvalue weighted by Gasteiger charge is 2.14. The van der Waals surface area contributed by atoms with E-state index in [1.165, 1.54) is 0 Å². The van der Waals surface area contributed by atoms with Gasteiger partial charge in [0.05, 0.1) is 5.75 Å². The monoisotopic (exact) mass is 257 g/mol. The molecule has 0 aliphatic carbocycles. The fourth-order valence-electron chi connectivity index (χ4n) is 0.945. The minimum Gasteiger partial charge on any atom is -0.481 e. The van der Waals surface area contributed by atoms with Crippen molar-refractivity contribution < 1.29 is 18.3 Å². The number of aliphatic carboxylic acids is 1. The molecule has 1 unspecified atom stereocenters. The molecule has 0 fully saturated rings. The molecular weight excluding hydrogens is 242 g/mol. The molecule has 7 heteroatoms. The summed E-state index contributed by atoms with van der Waals surface area (Å²) in [5.74, 6) is -0.772. The van der Waals surface area contributed by atoms with E-state index in [4.69, 9.17) is 16.7 Å². The summed E-state index contributed by atoms with van der Waals surface area (Å²) in [5.41, 5.74) is 0. The van der Waals surface area contributed by atoms with Crippen LogP contribution in [-0.4, -0.2) is 37.7 Å². The molecule has 0 aliphatic rings. The van der Waals surface area contributed by atoms with E-state index >= 15 is 0 Å². The third kappa shape index (κ3) is 8.65. The van der Waals surface area contributed by atoms with Crippen LogP contribution >= 0.6 is 11.6 Å². The van der Waals surface area contributed by atoms with Crippen molar-refractivity contribution in [2.75, 3.05) is 18.2 Å². The molecule has 0 rings (SSSR count). The van der Waals surface area contributed by atoms with E-state index in [0.29, 0.717) is 6.42 Å². The first kappa shape index (κ1) is 14.7. The Bertz CT molecular complexity index is 291. The Kier molecular flexibility index (Phi) is 6.87. The third-order valence-electron chi connectivity index (χ3n) is 1.66. The molecule has 0 saturated heterocycles. The van der Waals surface area contributed by atoms with Crippen molar-refractivity contribution in [2.45, 2.75) is 19.8 Å². The summed E-state index contributed by atoms with van der Waals surface area (Å²) in [7, 11) is -3.32. The number of carboxylic acids is 1. The fraction of sp³-hybridized carbons (Fsp3) is 0.875. The molecule has 0 aromatic heterocycles. The summed E-state index contributed by atoms with van der Waals surface area (Å²) in [6.07, 6.45) is 0.261. The van der Waals surface area contributed by atoms with Gasteiger partial charge < -0.3 is 5.11 Å². The lowest BCUT2D eigenvalue weighted by Crippen LogP contribution is -2.30. The van der Waals surface area contributed by atoms with Gasteiger partial charge in [0.2, 0.25) is 10.0 Å². The Morgan fingerprint density at radius 1 is 1.53 bits per heavy atom. The molecule has 0 radical (unpaired) electrons. The highest BCUT2D eigenvalue weighted by molar-refractivity contribution is 7.89. The van der Waals surface area contributed by atoms with E-state index in [1.807, 2.05) is 0 Å². The van der Waals surface area contributed by atoms with Crippen LogP contribution in [0, 0.1) is 5.92 Å². The number of nitrogens with one attached hydrogen (secondary N) is 1. The Hall–Kier alpha value is -0.330. The summed E-state index contributed by atoms with van der Waals surface area (Å²) in [6, 6.07) is 0. The second-order valence-electron chi connectivity index (χ2n) is 3.43. The van der Waals surface area contributed by atoms with Gasteiger partial charge in [0.15, 0.2) is 0 Å². The number of sulfonamides is 1. The molecular formula is C8H16ClNO4S. The zero-order valence-electron chi connectivity index (χ0n) is 8.57. The van der Waals surface area contributed by atoms with Gasteiger partial charge in [0, 0.05) is 18.8 Å². The number of hydrogen-bond donors (Lipinski definition) is 2. The van der Waals surface area contributed by atoms with E-state index in [2.05, 4.69) is 4.72 Å². The largest absolute Gasteiger partial charge is 0.481 e. The lowest BCUT2D eigenvalue weighted by molar-refractivity contribution is -0.137.